The third kappa shape index (κ3) is 11.5. The van der Waals surface area contributed by atoms with Crippen molar-refractivity contribution in [1.82, 2.24) is 0 Å². The molecule has 6 heteroatoms. The number of aldehydes is 1. The minimum atomic E-state index is -0.350. The van der Waals surface area contributed by atoms with Crippen molar-refractivity contribution >= 4 is 34.9 Å². The Morgan fingerprint density at radius 1 is 1.25 bits per heavy atom. The first kappa shape index (κ1) is 22.0. The van der Waals surface area contributed by atoms with E-state index in [9.17, 15) is 14.7 Å². The van der Waals surface area contributed by atoms with Gasteiger partial charge in [-0.1, -0.05) is 30.9 Å². The molecule has 0 aromatic carbocycles. The minimum absolute atomic E-state index is 0.264. The van der Waals surface area contributed by atoms with Gasteiger partial charge in [0.1, 0.15) is 6.61 Å². The van der Waals surface area contributed by atoms with Gasteiger partial charge in [0.15, 0.2) is 6.29 Å². The van der Waals surface area contributed by atoms with Crippen LogP contribution >= 0.6 is 22.7 Å². The van der Waals surface area contributed by atoms with Crippen LogP contribution < -0.4 is 0 Å². The number of hydrogen-bond donors (Lipinski definition) is 1. The van der Waals surface area contributed by atoms with E-state index in [1.54, 1.807) is 23.5 Å². The molecule has 2 aromatic heterocycles. The van der Waals surface area contributed by atoms with E-state index in [1.807, 2.05) is 29.0 Å². The molecule has 1 atom stereocenters. The Morgan fingerprint density at radius 3 is 2.25 bits per heavy atom. The van der Waals surface area contributed by atoms with Crippen LogP contribution in [0.15, 0.2) is 60.3 Å². The zero-order valence-electron chi connectivity index (χ0n) is 13.6. The second kappa shape index (κ2) is 14.6. The molecule has 0 radical (unpaired) electrons. The zero-order valence-corrected chi connectivity index (χ0v) is 15.2. The Hall–Kier alpha value is -2.02. The van der Waals surface area contributed by atoms with Crippen molar-refractivity contribution in [3.8, 4) is 0 Å². The van der Waals surface area contributed by atoms with Crippen molar-refractivity contribution in [3.63, 3.8) is 0 Å². The lowest BCUT2D eigenvalue weighted by Gasteiger charge is -2.02. The third-order valence-corrected chi connectivity index (χ3v) is 4.10. The van der Waals surface area contributed by atoms with Crippen molar-refractivity contribution in [1.29, 1.82) is 0 Å². The second-order valence-corrected chi connectivity index (χ2v) is 6.24. The van der Waals surface area contributed by atoms with E-state index >= 15 is 0 Å². The van der Waals surface area contributed by atoms with Crippen LogP contribution in [-0.2, 0) is 9.53 Å². The van der Waals surface area contributed by atoms with E-state index in [-0.39, 0.29) is 12.1 Å². The minimum Gasteiger partial charge on any atom is -0.462 e. The number of aliphatic hydroxyl groups excluding tert-OH is 1. The van der Waals surface area contributed by atoms with E-state index in [0.717, 1.165) is 16.0 Å². The van der Waals surface area contributed by atoms with Crippen LogP contribution in [0.3, 0.4) is 0 Å². The standard InChI is InChI=1S/C8H10OS.C5H8O2.C5H4OS/c1-2-4-7(9)8-5-3-6-10-8;1-3-4-7-5(2)6;6-4-5-2-1-3-7-5/h2-3,5-7,9H,1,4H2;3H,1,4H2,2H3;1-4H. The largest absolute Gasteiger partial charge is 0.462 e. The molecule has 0 aliphatic carbocycles. The molecule has 130 valence electrons. The van der Waals surface area contributed by atoms with E-state index in [4.69, 9.17) is 0 Å². The van der Waals surface area contributed by atoms with Crippen LogP contribution in [0.4, 0.5) is 0 Å². The van der Waals surface area contributed by atoms with Gasteiger partial charge in [0.25, 0.3) is 0 Å². The molecule has 4 nitrogen and oxygen atoms in total. The number of aliphatic hydroxyl groups is 1. The van der Waals surface area contributed by atoms with Gasteiger partial charge < -0.3 is 9.84 Å². The highest BCUT2D eigenvalue weighted by molar-refractivity contribution is 7.11. The van der Waals surface area contributed by atoms with Gasteiger partial charge in [-0.25, -0.2) is 0 Å². The van der Waals surface area contributed by atoms with Gasteiger partial charge in [-0.3, -0.25) is 9.59 Å². The fraction of sp³-hybridized carbons (Fsp3) is 0.222. The highest BCUT2D eigenvalue weighted by Crippen LogP contribution is 2.21. The van der Waals surface area contributed by atoms with Crippen molar-refractivity contribution < 1.29 is 19.4 Å². The summed E-state index contributed by atoms with van der Waals surface area (Å²) in [5, 5.41) is 13.2. The molecule has 0 amide bonds. The van der Waals surface area contributed by atoms with Crippen LogP contribution in [-0.4, -0.2) is 24.0 Å². The zero-order chi connectivity index (χ0) is 18.2. The first-order valence-corrected chi connectivity index (χ1v) is 8.86. The summed E-state index contributed by atoms with van der Waals surface area (Å²) >= 11 is 3.03. The summed E-state index contributed by atoms with van der Waals surface area (Å²) in [6.07, 6.45) is 4.40. The van der Waals surface area contributed by atoms with Crippen molar-refractivity contribution in [3.05, 3.63) is 70.1 Å². The van der Waals surface area contributed by atoms with Gasteiger partial charge in [0, 0.05) is 11.8 Å². The highest BCUT2D eigenvalue weighted by Gasteiger charge is 2.04. The molecule has 2 heterocycles. The maximum absolute atomic E-state index is 9.93. The predicted octanol–water partition coefficient (Wildman–Crippen LogP) is 4.65. The normalized spacial score (nSPS) is 10.1. The summed E-state index contributed by atoms with van der Waals surface area (Å²) in [4.78, 5) is 21.6. The fourth-order valence-corrected chi connectivity index (χ4v) is 2.54. The second-order valence-electron chi connectivity index (χ2n) is 4.28. The maximum atomic E-state index is 9.93. The molecule has 1 unspecified atom stereocenters. The molecule has 1 N–H and O–H groups in total. The van der Waals surface area contributed by atoms with Crippen LogP contribution in [0.2, 0.25) is 0 Å². The number of carbonyl (C=O) groups excluding carboxylic acids is 2. The first-order valence-electron chi connectivity index (χ1n) is 7.10. The summed E-state index contributed by atoms with van der Waals surface area (Å²) in [6.45, 7) is 8.59. The lowest BCUT2D eigenvalue weighted by molar-refractivity contribution is -0.139. The van der Waals surface area contributed by atoms with Crippen molar-refractivity contribution in [2.24, 2.45) is 0 Å². The Labute approximate surface area is 150 Å². The molecule has 24 heavy (non-hydrogen) atoms. The molecule has 0 aliphatic heterocycles. The van der Waals surface area contributed by atoms with E-state index in [1.165, 1.54) is 24.3 Å². The molecule has 0 saturated heterocycles. The molecule has 0 aliphatic rings. The van der Waals surface area contributed by atoms with Crippen LogP contribution in [0.5, 0.6) is 0 Å². The summed E-state index contributed by atoms with van der Waals surface area (Å²) in [5.74, 6) is -0.264. The summed E-state index contributed by atoms with van der Waals surface area (Å²) in [7, 11) is 0. The van der Waals surface area contributed by atoms with Crippen LogP contribution in [0.1, 0.15) is 34.0 Å². The average Bonchev–Trinajstić information content (AvgIpc) is 3.27. The number of hydrogen-bond acceptors (Lipinski definition) is 6. The lowest BCUT2D eigenvalue weighted by atomic mass is 10.2. The van der Waals surface area contributed by atoms with E-state index in [0.29, 0.717) is 13.0 Å². The Morgan fingerprint density at radius 2 is 1.92 bits per heavy atom. The highest BCUT2D eigenvalue weighted by atomic mass is 32.1. The Kier molecular flexibility index (Phi) is 13.3. The maximum Gasteiger partial charge on any atom is 0.302 e. The van der Waals surface area contributed by atoms with Gasteiger partial charge in [0.05, 0.1) is 11.0 Å². The number of thiophene rings is 2. The molecule has 2 aromatic rings. The molecule has 0 bridgehead atoms. The van der Waals surface area contributed by atoms with Gasteiger partial charge in [-0.2, -0.15) is 0 Å². The Bertz CT molecular complexity index is 574. The van der Waals surface area contributed by atoms with Crippen LogP contribution in [0.25, 0.3) is 0 Å². The number of carbonyl (C=O) groups is 2. The van der Waals surface area contributed by atoms with Gasteiger partial charge in [-0.05, 0) is 29.3 Å². The first-order chi connectivity index (χ1) is 11.5. The molecular formula is C18H22O4S2. The van der Waals surface area contributed by atoms with E-state index in [2.05, 4.69) is 17.9 Å². The smallest absolute Gasteiger partial charge is 0.302 e. The molecule has 0 fully saturated rings. The number of rotatable bonds is 6. The third-order valence-electron chi connectivity index (χ3n) is 2.33. The number of esters is 1. The van der Waals surface area contributed by atoms with E-state index < -0.39 is 0 Å². The topological polar surface area (TPSA) is 63.6 Å². The summed E-state index contributed by atoms with van der Waals surface area (Å²) in [6, 6.07) is 7.51. The van der Waals surface area contributed by atoms with Gasteiger partial charge in [0.2, 0.25) is 0 Å². The molecule has 2 rings (SSSR count). The Balaban J connectivity index is 0.000000340. The summed E-state index contributed by atoms with van der Waals surface area (Å²) in [5.41, 5.74) is 0. The number of ether oxygens (including phenoxy) is 1. The van der Waals surface area contributed by atoms with Crippen molar-refractivity contribution in [2.45, 2.75) is 19.4 Å². The molecule has 0 spiro atoms. The SMILES string of the molecule is C=CCC(O)c1cccs1.C=CCOC(C)=O.O=Cc1cccs1. The van der Waals surface area contributed by atoms with Gasteiger partial charge >= 0.3 is 5.97 Å². The van der Waals surface area contributed by atoms with Gasteiger partial charge in [-0.15, -0.1) is 29.3 Å². The predicted molar refractivity (Wildman–Crippen MR) is 101 cm³/mol. The quantitative estimate of drug-likeness (QED) is 0.459. The summed E-state index contributed by atoms with van der Waals surface area (Å²) < 4.78 is 4.43. The average molecular weight is 367 g/mol. The monoisotopic (exact) mass is 366 g/mol. The fourth-order valence-electron chi connectivity index (χ4n) is 1.29. The lowest BCUT2D eigenvalue weighted by Crippen LogP contribution is -1.96. The molecular weight excluding hydrogens is 344 g/mol. The van der Waals surface area contributed by atoms with Crippen molar-refractivity contribution in [2.75, 3.05) is 6.61 Å². The van der Waals surface area contributed by atoms with Crippen LogP contribution in [0, 0.1) is 0 Å². The molecule has 0 saturated carbocycles.